The number of methoxy groups -OCH3 is 2. The second-order valence-corrected chi connectivity index (χ2v) is 7.11. The molecule has 2 heterocycles. The summed E-state index contributed by atoms with van der Waals surface area (Å²) in [6, 6.07) is 5.03. The highest BCUT2D eigenvalue weighted by molar-refractivity contribution is 6.33. The van der Waals surface area contributed by atoms with E-state index in [1.165, 1.54) is 45.5 Å². The molecule has 0 spiro atoms. The fourth-order valence-electron chi connectivity index (χ4n) is 4.04. The summed E-state index contributed by atoms with van der Waals surface area (Å²) >= 11 is 0. The highest BCUT2D eigenvalue weighted by Crippen LogP contribution is 2.38. The van der Waals surface area contributed by atoms with Crippen molar-refractivity contribution in [2.75, 3.05) is 27.9 Å². The van der Waals surface area contributed by atoms with Crippen LogP contribution in [0.25, 0.3) is 10.8 Å². The zero-order chi connectivity index (χ0) is 21.7. The SMILES string of the molecule is COCC(CC(=O)OC)N1C(=O)c2ccc3c4c(ccc(c24)C1=O)C(=O)N(C)C3=O. The molecular weight excluding hydrogens is 392 g/mol. The van der Waals surface area contributed by atoms with E-state index in [4.69, 9.17) is 4.74 Å². The third-order valence-electron chi connectivity index (χ3n) is 5.48. The summed E-state index contributed by atoms with van der Waals surface area (Å²) in [5, 5.41) is 0.580. The molecule has 0 bridgehead atoms. The Morgan fingerprint density at radius 3 is 1.67 bits per heavy atom. The molecule has 2 aliphatic heterocycles. The number of hydrogen-bond donors (Lipinski definition) is 0. The number of esters is 1. The van der Waals surface area contributed by atoms with Gasteiger partial charge in [-0.3, -0.25) is 33.8 Å². The van der Waals surface area contributed by atoms with Gasteiger partial charge in [0.1, 0.15) is 0 Å². The molecule has 2 aromatic carbocycles. The summed E-state index contributed by atoms with van der Waals surface area (Å²) in [6.07, 6.45) is -0.224. The molecule has 30 heavy (non-hydrogen) atoms. The first-order chi connectivity index (χ1) is 14.3. The van der Waals surface area contributed by atoms with Gasteiger partial charge in [0.2, 0.25) is 0 Å². The molecule has 1 atom stereocenters. The summed E-state index contributed by atoms with van der Waals surface area (Å²) < 4.78 is 9.80. The highest BCUT2D eigenvalue weighted by Gasteiger charge is 2.41. The molecule has 4 rings (SSSR count). The van der Waals surface area contributed by atoms with E-state index in [1.807, 2.05) is 0 Å². The average Bonchev–Trinajstić information content (AvgIpc) is 2.74. The van der Waals surface area contributed by atoms with Gasteiger partial charge in [0, 0.05) is 47.2 Å². The Balaban J connectivity index is 1.92. The van der Waals surface area contributed by atoms with Crippen LogP contribution in [-0.2, 0) is 14.3 Å². The third kappa shape index (κ3) is 2.62. The second kappa shape index (κ2) is 7.03. The molecule has 4 amide bonds. The van der Waals surface area contributed by atoms with Crippen LogP contribution in [0.1, 0.15) is 47.9 Å². The Morgan fingerprint density at radius 1 is 0.833 bits per heavy atom. The number of ether oxygens (including phenoxy) is 2. The number of carbonyl (C=O) groups is 5. The Kier molecular flexibility index (Phi) is 4.62. The maximum Gasteiger partial charge on any atom is 0.307 e. The summed E-state index contributed by atoms with van der Waals surface area (Å²) in [6.45, 7) is -0.0526. The van der Waals surface area contributed by atoms with E-state index < -0.39 is 35.6 Å². The summed E-state index contributed by atoms with van der Waals surface area (Å²) in [5.74, 6) is -2.84. The van der Waals surface area contributed by atoms with Crippen molar-refractivity contribution in [1.82, 2.24) is 9.80 Å². The van der Waals surface area contributed by atoms with Crippen LogP contribution in [0.5, 0.6) is 0 Å². The highest BCUT2D eigenvalue weighted by atomic mass is 16.5. The molecule has 0 aliphatic carbocycles. The lowest BCUT2D eigenvalue weighted by atomic mass is 9.85. The maximum atomic E-state index is 13.3. The molecule has 2 aliphatic rings. The van der Waals surface area contributed by atoms with Crippen LogP contribution in [0.4, 0.5) is 0 Å². The molecule has 0 aromatic heterocycles. The zero-order valence-electron chi connectivity index (χ0n) is 16.6. The minimum Gasteiger partial charge on any atom is -0.469 e. The van der Waals surface area contributed by atoms with Gasteiger partial charge < -0.3 is 9.47 Å². The fraction of sp³-hybridized carbons (Fsp3) is 0.286. The number of amides is 4. The monoisotopic (exact) mass is 410 g/mol. The van der Waals surface area contributed by atoms with Crippen LogP contribution in [0.15, 0.2) is 24.3 Å². The minimum atomic E-state index is -0.868. The Bertz CT molecular complexity index is 1080. The molecule has 9 nitrogen and oxygen atoms in total. The molecule has 0 fully saturated rings. The molecular formula is C21H18N2O7. The molecule has 1 unspecified atom stereocenters. The topological polar surface area (TPSA) is 110 Å². The standard InChI is InChI=1S/C21H18N2O7/c1-22-18(25)11-4-6-13-17-14(7-5-12(16(11)17)19(22)26)21(28)23(20(13)27)10(9-29-2)8-15(24)30-3/h4-7,10H,8-9H2,1-3H3. The van der Waals surface area contributed by atoms with E-state index in [1.54, 1.807) is 0 Å². The Labute approximate surface area is 171 Å². The predicted molar refractivity (Wildman–Crippen MR) is 103 cm³/mol. The van der Waals surface area contributed by atoms with Gasteiger partial charge in [-0.15, -0.1) is 0 Å². The Morgan fingerprint density at radius 2 is 1.27 bits per heavy atom. The number of benzene rings is 2. The van der Waals surface area contributed by atoms with Gasteiger partial charge in [-0.2, -0.15) is 0 Å². The number of hydrogen-bond acceptors (Lipinski definition) is 7. The van der Waals surface area contributed by atoms with Crippen molar-refractivity contribution in [3.05, 3.63) is 46.5 Å². The fourth-order valence-corrected chi connectivity index (χ4v) is 4.04. The largest absolute Gasteiger partial charge is 0.469 e. The lowest BCUT2D eigenvalue weighted by molar-refractivity contribution is -0.142. The van der Waals surface area contributed by atoms with Gasteiger partial charge in [0.15, 0.2) is 0 Å². The van der Waals surface area contributed by atoms with E-state index in [9.17, 15) is 24.0 Å². The van der Waals surface area contributed by atoms with Crippen LogP contribution in [0.2, 0.25) is 0 Å². The first-order valence-electron chi connectivity index (χ1n) is 9.17. The predicted octanol–water partition coefficient (Wildman–Crippen LogP) is 1.24. The van der Waals surface area contributed by atoms with Gasteiger partial charge in [-0.25, -0.2) is 0 Å². The molecule has 0 N–H and O–H groups in total. The summed E-state index contributed by atoms with van der Waals surface area (Å²) in [4.78, 5) is 65.5. The van der Waals surface area contributed by atoms with Crippen molar-refractivity contribution in [2.24, 2.45) is 0 Å². The first kappa shape index (κ1) is 19.7. The quantitative estimate of drug-likeness (QED) is 0.539. The van der Waals surface area contributed by atoms with Crippen molar-refractivity contribution in [1.29, 1.82) is 0 Å². The lowest BCUT2D eigenvalue weighted by Gasteiger charge is -2.34. The zero-order valence-corrected chi connectivity index (χ0v) is 16.6. The van der Waals surface area contributed by atoms with Crippen LogP contribution in [0, 0.1) is 0 Å². The summed E-state index contributed by atoms with van der Waals surface area (Å²) in [5.41, 5.74) is 0.872. The molecule has 0 saturated carbocycles. The first-order valence-corrected chi connectivity index (χ1v) is 9.17. The van der Waals surface area contributed by atoms with Crippen molar-refractivity contribution in [3.8, 4) is 0 Å². The lowest BCUT2D eigenvalue weighted by Crippen LogP contribution is -2.50. The van der Waals surface area contributed by atoms with E-state index in [-0.39, 0.29) is 40.7 Å². The van der Waals surface area contributed by atoms with Crippen LogP contribution >= 0.6 is 0 Å². The van der Waals surface area contributed by atoms with Crippen molar-refractivity contribution >= 4 is 40.4 Å². The smallest absolute Gasteiger partial charge is 0.307 e. The maximum absolute atomic E-state index is 13.3. The van der Waals surface area contributed by atoms with Crippen LogP contribution in [-0.4, -0.2) is 73.3 Å². The van der Waals surface area contributed by atoms with E-state index in [0.717, 1.165) is 9.80 Å². The average molecular weight is 410 g/mol. The van der Waals surface area contributed by atoms with Gasteiger partial charge in [0.25, 0.3) is 23.6 Å². The molecule has 2 aromatic rings. The van der Waals surface area contributed by atoms with E-state index in [2.05, 4.69) is 4.74 Å². The van der Waals surface area contributed by atoms with Gasteiger partial charge in [0.05, 0.1) is 26.2 Å². The molecule has 9 heteroatoms. The van der Waals surface area contributed by atoms with Crippen molar-refractivity contribution < 1.29 is 33.4 Å². The van der Waals surface area contributed by atoms with Gasteiger partial charge >= 0.3 is 5.97 Å². The summed E-state index contributed by atoms with van der Waals surface area (Å²) in [7, 11) is 4.00. The third-order valence-corrected chi connectivity index (χ3v) is 5.48. The molecule has 154 valence electrons. The van der Waals surface area contributed by atoms with Gasteiger partial charge in [-0.05, 0) is 24.3 Å². The van der Waals surface area contributed by atoms with Crippen LogP contribution < -0.4 is 0 Å². The van der Waals surface area contributed by atoms with Crippen molar-refractivity contribution in [3.63, 3.8) is 0 Å². The number of nitrogens with zero attached hydrogens (tertiary/aromatic N) is 2. The van der Waals surface area contributed by atoms with Crippen molar-refractivity contribution in [2.45, 2.75) is 12.5 Å². The number of imide groups is 2. The minimum absolute atomic E-state index is 0.0526. The van der Waals surface area contributed by atoms with E-state index in [0.29, 0.717) is 5.39 Å². The molecule has 0 radical (unpaired) electrons. The number of carbonyl (C=O) groups excluding carboxylic acids is 5. The van der Waals surface area contributed by atoms with E-state index >= 15 is 0 Å². The Hall–Kier alpha value is -3.59. The molecule has 0 saturated heterocycles. The second-order valence-electron chi connectivity index (χ2n) is 7.11. The van der Waals surface area contributed by atoms with Crippen LogP contribution in [0.3, 0.4) is 0 Å². The number of rotatable bonds is 5. The normalized spacial score (nSPS) is 16.4. The van der Waals surface area contributed by atoms with Gasteiger partial charge in [-0.1, -0.05) is 0 Å².